The number of hydrogen-bond donors (Lipinski definition) is 0. The lowest BCUT2D eigenvalue weighted by Gasteiger charge is -2.21. The van der Waals surface area contributed by atoms with Gasteiger partial charge in [0.2, 0.25) is 0 Å². The van der Waals surface area contributed by atoms with Gasteiger partial charge in [-0.3, -0.25) is 0 Å². The Balaban J connectivity index is -0.000000663. The van der Waals surface area contributed by atoms with Gasteiger partial charge >= 0.3 is 0 Å². The summed E-state index contributed by atoms with van der Waals surface area (Å²) in [5.41, 5.74) is 4.24. The van der Waals surface area contributed by atoms with Crippen LogP contribution >= 0.6 is 0 Å². The Hall–Kier alpha value is -1.82. The fourth-order valence-corrected chi connectivity index (χ4v) is 2.49. The van der Waals surface area contributed by atoms with Gasteiger partial charge in [0.05, 0.1) is 0 Å². The molecular formula is C26H44. The highest BCUT2D eigenvalue weighted by Gasteiger charge is 2.19. The molecule has 0 bridgehead atoms. The van der Waals surface area contributed by atoms with Crippen molar-refractivity contribution in [1.82, 2.24) is 0 Å². The molecule has 0 aromatic carbocycles. The molecule has 0 heterocycles. The van der Waals surface area contributed by atoms with Crippen molar-refractivity contribution in [2.75, 3.05) is 0 Å². The third-order valence-corrected chi connectivity index (χ3v) is 3.85. The minimum atomic E-state index is 0.565. The maximum Gasteiger partial charge on any atom is 0.000580 e. The zero-order valence-corrected chi connectivity index (χ0v) is 19.0. The highest BCUT2D eigenvalue weighted by molar-refractivity contribution is 5.37. The molecule has 1 aliphatic rings. The molecule has 2 unspecified atom stereocenters. The summed E-state index contributed by atoms with van der Waals surface area (Å²) in [6, 6.07) is 0. The Labute approximate surface area is 165 Å². The molecule has 1 aliphatic carbocycles. The Bertz CT molecular complexity index is 492. The summed E-state index contributed by atoms with van der Waals surface area (Å²) in [6.45, 7) is 25.8. The van der Waals surface area contributed by atoms with Gasteiger partial charge < -0.3 is 0 Å². The molecule has 26 heavy (non-hydrogen) atoms. The molecule has 1 rings (SSSR count). The number of allylic oxidation sites excluding steroid dienone is 12. The van der Waals surface area contributed by atoms with Crippen molar-refractivity contribution in [3.63, 3.8) is 0 Å². The summed E-state index contributed by atoms with van der Waals surface area (Å²) in [5.74, 6) is 1.21. The van der Waals surface area contributed by atoms with Crippen molar-refractivity contribution in [3.05, 3.63) is 84.6 Å². The summed E-state index contributed by atoms with van der Waals surface area (Å²) in [7, 11) is 0. The second kappa shape index (κ2) is 21.2. The van der Waals surface area contributed by atoms with E-state index in [2.05, 4.69) is 77.3 Å². The Kier molecular flexibility index (Phi) is 23.6. The zero-order chi connectivity index (χ0) is 21.0. The van der Waals surface area contributed by atoms with Gasteiger partial charge in [0.1, 0.15) is 0 Å². The number of hydrogen-bond acceptors (Lipinski definition) is 0. The lowest BCUT2D eigenvalue weighted by Crippen LogP contribution is -2.10. The molecule has 0 saturated heterocycles. The van der Waals surface area contributed by atoms with E-state index in [0.29, 0.717) is 11.8 Å². The van der Waals surface area contributed by atoms with Crippen molar-refractivity contribution in [1.29, 1.82) is 0 Å². The Morgan fingerprint density at radius 2 is 1.58 bits per heavy atom. The second-order valence-corrected chi connectivity index (χ2v) is 5.70. The fraction of sp³-hybridized carbons (Fsp3) is 0.462. The maximum atomic E-state index is 3.69. The fourth-order valence-electron chi connectivity index (χ4n) is 2.49. The summed E-state index contributed by atoms with van der Waals surface area (Å²) < 4.78 is 0. The van der Waals surface area contributed by atoms with E-state index in [1.807, 2.05) is 40.7 Å². The first kappa shape index (κ1) is 29.0. The second-order valence-electron chi connectivity index (χ2n) is 5.70. The summed E-state index contributed by atoms with van der Waals surface area (Å²) in [4.78, 5) is 0. The molecule has 148 valence electrons. The van der Waals surface area contributed by atoms with Crippen LogP contribution < -0.4 is 0 Å². The lowest BCUT2D eigenvalue weighted by atomic mass is 9.83. The smallest absolute Gasteiger partial charge is 0.000580 e. The average Bonchev–Trinajstić information content (AvgIpc) is 2.87. The molecule has 0 aromatic rings. The van der Waals surface area contributed by atoms with Crippen molar-refractivity contribution >= 4 is 0 Å². The largest absolute Gasteiger partial charge is 0.103 e. The quantitative estimate of drug-likeness (QED) is 0.348. The van der Waals surface area contributed by atoms with E-state index < -0.39 is 0 Å². The molecule has 0 N–H and O–H groups in total. The van der Waals surface area contributed by atoms with E-state index in [1.165, 1.54) is 16.7 Å². The van der Waals surface area contributed by atoms with Crippen LogP contribution in [-0.2, 0) is 0 Å². The van der Waals surface area contributed by atoms with Gasteiger partial charge in [0.25, 0.3) is 0 Å². The van der Waals surface area contributed by atoms with Crippen molar-refractivity contribution in [2.24, 2.45) is 11.8 Å². The van der Waals surface area contributed by atoms with E-state index in [1.54, 1.807) is 12.2 Å². The van der Waals surface area contributed by atoms with E-state index >= 15 is 0 Å². The topological polar surface area (TPSA) is 0 Å². The van der Waals surface area contributed by atoms with E-state index in [0.717, 1.165) is 6.42 Å². The van der Waals surface area contributed by atoms with Gasteiger partial charge in [-0.25, -0.2) is 0 Å². The van der Waals surface area contributed by atoms with Crippen LogP contribution in [0.25, 0.3) is 0 Å². The van der Waals surface area contributed by atoms with Crippen molar-refractivity contribution in [3.8, 4) is 0 Å². The van der Waals surface area contributed by atoms with E-state index in [4.69, 9.17) is 0 Å². The summed E-state index contributed by atoms with van der Waals surface area (Å²) >= 11 is 0. The van der Waals surface area contributed by atoms with Gasteiger partial charge in [-0.1, -0.05) is 101 Å². The zero-order valence-electron chi connectivity index (χ0n) is 19.0. The standard InChI is InChI=1S/C19H26.C3H6.2C2H6/c1-6-8-9-11-16(4)18-12-10-13-19(15(3)7-2)17(5)14-18;1-3-2;2*1-2/h6-13,17,19H,1,14H2,2-5H3;3H,1H2,2H3;2*1-2H3/b9-8-,15-7+,16-11+;;;. The molecule has 0 nitrogen and oxygen atoms in total. The monoisotopic (exact) mass is 356 g/mol. The number of rotatable bonds is 4. The lowest BCUT2D eigenvalue weighted by molar-refractivity contribution is 0.480. The predicted molar refractivity (Wildman–Crippen MR) is 126 cm³/mol. The molecule has 0 saturated carbocycles. The first-order valence-corrected chi connectivity index (χ1v) is 10.0. The van der Waals surface area contributed by atoms with Crippen LogP contribution in [0.2, 0.25) is 0 Å². The highest BCUT2D eigenvalue weighted by Crippen LogP contribution is 2.32. The molecule has 0 spiro atoms. The van der Waals surface area contributed by atoms with Gasteiger partial charge in [0, 0.05) is 5.92 Å². The highest BCUT2D eigenvalue weighted by atomic mass is 14.2. The molecular weight excluding hydrogens is 312 g/mol. The summed E-state index contributed by atoms with van der Waals surface area (Å²) in [5, 5.41) is 0. The van der Waals surface area contributed by atoms with Gasteiger partial charge in [-0.15, -0.1) is 6.58 Å². The SMILES string of the molecule is C=C/C=C\C=C(/C)C1=CC=CC(/C(C)=C/C)C(C)C1.C=CC.CC.CC. The van der Waals surface area contributed by atoms with E-state index in [-0.39, 0.29) is 0 Å². The normalized spacial score (nSPS) is 19.5. The minimum Gasteiger partial charge on any atom is -0.103 e. The molecule has 0 amide bonds. The molecule has 0 heteroatoms. The van der Waals surface area contributed by atoms with E-state index in [9.17, 15) is 0 Å². The van der Waals surface area contributed by atoms with Crippen LogP contribution in [0.5, 0.6) is 0 Å². The van der Waals surface area contributed by atoms with Crippen LogP contribution in [0.15, 0.2) is 84.6 Å². The van der Waals surface area contributed by atoms with Crippen LogP contribution in [-0.4, -0.2) is 0 Å². The molecule has 0 fully saturated rings. The minimum absolute atomic E-state index is 0.565. The van der Waals surface area contributed by atoms with Crippen molar-refractivity contribution in [2.45, 2.75) is 68.7 Å². The van der Waals surface area contributed by atoms with Gasteiger partial charge in [-0.05, 0) is 51.2 Å². The average molecular weight is 357 g/mol. The van der Waals surface area contributed by atoms with Gasteiger partial charge in [-0.2, -0.15) is 0 Å². The first-order chi connectivity index (χ1) is 12.5. The maximum absolute atomic E-state index is 3.69. The third-order valence-electron chi connectivity index (χ3n) is 3.85. The Morgan fingerprint density at radius 3 is 2.04 bits per heavy atom. The summed E-state index contributed by atoms with van der Waals surface area (Å²) in [6.07, 6.45) is 19.9. The molecule has 2 atom stereocenters. The predicted octanol–water partition coefficient (Wildman–Crippen LogP) is 9.02. The van der Waals surface area contributed by atoms with Gasteiger partial charge in [0.15, 0.2) is 0 Å². The molecule has 0 radical (unpaired) electrons. The van der Waals surface area contributed by atoms with Crippen LogP contribution in [0.1, 0.15) is 68.7 Å². The Morgan fingerprint density at radius 1 is 1.04 bits per heavy atom. The third kappa shape index (κ3) is 13.5. The first-order valence-electron chi connectivity index (χ1n) is 10.0. The van der Waals surface area contributed by atoms with Crippen LogP contribution in [0, 0.1) is 11.8 Å². The molecule has 0 aromatic heterocycles. The van der Waals surface area contributed by atoms with Crippen LogP contribution in [0.4, 0.5) is 0 Å². The van der Waals surface area contributed by atoms with Crippen molar-refractivity contribution < 1.29 is 0 Å². The van der Waals surface area contributed by atoms with Crippen LogP contribution in [0.3, 0.4) is 0 Å². The molecule has 0 aliphatic heterocycles.